The van der Waals surface area contributed by atoms with Gasteiger partial charge < -0.3 is 24.4 Å². The van der Waals surface area contributed by atoms with E-state index in [-0.39, 0.29) is 37.0 Å². The number of rotatable bonds is 5. The van der Waals surface area contributed by atoms with Gasteiger partial charge in [-0.15, -0.1) is 0 Å². The minimum Gasteiger partial charge on any atom is -0.466 e. The second-order valence-electron chi connectivity index (χ2n) is 6.16. The second-order valence-corrected chi connectivity index (χ2v) is 6.16. The summed E-state index contributed by atoms with van der Waals surface area (Å²) in [6.07, 6.45) is 1.17. The highest BCUT2D eigenvalue weighted by molar-refractivity contribution is 5.97. The van der Waals surface area contributed by atoms with E-state index in [1.54, 1.807) is 30.0 Å². The molecule has 1 fully saturated rings. The molecule has 1 saturated heterocycles. The Morgan fingerprint density at radius 3 is 2.65 bits per heavy atom. The summed E-state index contributed by atoms with van der Waals surface area (Å²) in [5.74, 6) is 0.254. The van der Waals surface area contributed by atoms with Gasteiger partial charge in [0.1, 0.15) is 0 Å². The second kappa shape index (κ2) is 8.07. The number of esters is 1. The summed E-state index contributed by atoms with van der Waals surface area (Å²) in [6, 6.07) is 4.88. The van der Waals surface area contributed by atoms with Crippen LogP contribution in [0.15, 0.2) is 18.2 Å². The van der Waals surface area contributed by atoms with Crippen LogP contribution in [0.25, 0.3) is 0 Å². The molecule has 0 aromatic heterocycles. The van der Waals surface area contributed by atoms with Crippen LogP contribution in [0, 0.1) is 5.92 Å². The predicted molar refractivity (Wildman–Crippen MR) is 90.8 cm³/mol. The maximum atomic E-state index is 12.3. The molecule has 8 heteroatoms. The minimum atomic E-state index is -0.349. The number of fused-ring (bicyclic) bond motifs is 1. The summed E-state index contributed by atoms with van der Waals surface area (Å²) >= 11 is 0. The van der Waals surface area contributed by atoms with E-state index in [9.17, 15) is 14.4 Å². The fourth-order valence-corrected chi connectivity index (χ4v) is 3.03. The Morgan fingerprint density at radius 2 is 1.92 bits per heavy atom. The zero-order chi connectivity index (χ0) is 18.5. The van der Waals surface area contributed by atoms with E-state index in [2.05, 4.69) is 5.32 Å². The van der Waals surface area contributed by atoms with Crippen LogP contribution >= 0.6 is 0 Å². The van der Waals surface area contributed by atoms with Gasteiger partial charge in [-0.25, -0.2) is 0 Å². The molecular weight excluding hydrogens is 340 g/mol. The fourth-order valence-electron chi connectivity index (χ4n) is 3.03. The summed E-state index contributed by atoms with van der Waals surface area (Å²) in [5.41, 5.74) is 0.406. The van der Waals surface area contributed by atoms with E-state index in [1.807, 2.05) is 0 Å². The molecule has 2 heterocycles. The van der Waals surface area contributed by atoms with Crippen LogP contribution in [0.4, 0.5) is 0 Å². The third kappa shape index (κ3) is 4.07. The zero-order valence-electron chi connectivity index (χ0n) is 14.7. The number of hydrogen-bond acceptors (Lipinski definition) is 6. The molecule has 0 radical (unpaired) electrons. The molecule has 0 saturated carbocycles. The van der Waals surface area contributed by atoms with E-state index in [0.717, 1.165) is 0 Å². The third-order valence-electron chi connectivity index (χ3n) is 4.50. The Hall–Kier alpha value is -2.77. The van der Waals surface area contributed by atoms with Crippen molar-refractivity contribution in [3.63, 3.8) is 0 Å². The van der Waals surface area contributed by atoms with Gasteiger partial charge in [-0.05, 0) is 38.0 Å². The highest BCUT2D eigenvalue weighted by Gasteiger charge is 2.28. The van der Waals surface area contributed by atoms with Crippen LogP contribution in [-0.2, 0) is 14.3 Å². The van der Waals surface area contributed by atoms with Crippen molar-refractivity contribution >= 4 is 17.8 Å². The number of piperidine rings is 1. The van der Waals surface area contributed by atoms with Gasteiger partial charge in [-0.2, -0.15) is 0 Å². The molecule has 1 aromatic rings. The van der Waals surface area contributed by atoms with E-state index in [0.29, 0.717) is 49.6 Å². The Morgan fingerprint density at radius 1 is 1.19 bits per heavy atom. The average Bonchev–Trinajstić information content (AvgIpc) is 3.14. The summed E-state index contributed by atoms with van der Waals surface area (Å²) in [5, 5.41) is 2.62. The lowest BCUT2D eigenvalue weighted by Gasteiger charge is -2.30. The largest absolute Gasteiger partial charge is 0.466 e. The van der Waals surface area contributed by atoms with Gasteiger partial charge in [-0.1, -0.05) is 0 Å². The SMILES string of the molecule is CCOC(=O)C1CCN(C(=O)CNC(=O)c2ccc3c(c2)OCO3)CC1. The van der Waals surface area contributed by atoms with Crippen molar-refractivity contribution in [1.82, 2.24) is 10.2 Å². The number of benzene rings is 1. The molecule has 0 unspecified atom stereocenters. The number of likely N-dealkylation sites (tertiary alicyclic amines) is 1. The van der Waals surface area contributed by atoms with E-state index >= 15 is 0 Å². The standard InChI is InChI=1S/C18H22N2O6/c1-2-24-18(23)12-5-7-20(8-6-12)16(21)10-19-17(22)13-3-4-14-15(9-13)26-11-25-14/h3-4,9,12H,2,5-8,10-11H2,1H3,(H,19,22). The molecule has 2 aliphatic rings. The maximum Gasteiger partial charge on any atom is 0.309 e. The molecule has 26 heavy (non-hydrogen) atoms. The van der Waals surface area contributed by atoms with Crippen LogP contribution in [0.3, 0.4) is 0 Å². The summed E-state index contributed by atoms with van der Waals surface area (Å²) in [6.45, 7) is 3.17. The summed E-state index contributed by atoms with van der Waals surface area (Å²) < 4.78 is 15.5. The molecule has 2 amide bonds. The number of nitrogens with one attached hydrogen (secondary N) is 1. The number of hydrogen-bond donors (Lipinski definition) is 1. The van der Waals surface area contributed by atoms with Gasteiger partial charge in [-0.3, -0.25) is 14.4 Å². The molecule has 0 atom stereocenters. The molecule has 8 nitrogen and oxygen atoms in total. The Balaban J connectivity index is 1.45. The number of ether oxygens (including phenoxy) is 3. The third-order valence-corrected chi connectivity index (χ3v) is 4.50. The summed E-state index contributed by atoms with van der Waals surface area (Å²) in [4.78, 5) is 37.9. The molecule has 3 rings (SSSR count). The Kier molecular flexibility index (Phi) is 5.60. The van der Waals surface area contributed by atoms with Crippen LogP contribution in [0.5, 0.6) is 11.5 Å². The van der Waals surface area contributed by atoms with E-state index < -0.39 is 0 Å². The minimum absolute atomic E-state index is 0.0860. The van der Waals surface area contributed by atoms with Crippen LogP contribution in [0.2, 0.25) is 0 Å². The highest BCUT2D eigenvalue weighted by atomic mass is 16.7. The number of carbonyl (C=O) groups excluding carboxylic acids is 3. The maximum absolute atomic E-state index is 12.3. The number of carbonyl (C=O) groups is 3. The van der Waals surface area contributed by atoms with Crippen LogP contribution in [-0.4, -0.2) is 55.7 Å². The van der Waals surface area contributed by atoms with Crippen molar-refractivity contribution in [3.8, 4) is 11.5 Å². The predicted octanol–water partition coefficient (Wildman–Crippen LogP) is 0.947. The van der Waals surface area contributed by atoms with E-state index in [4.69, 9.17) is 14.2 Å². The molecular formula is C18H22N2O6. The lowest BCUT2D eigenvalue weighted by molar-refractivity contribution is -0.151. The lowest BCUT2D eigenvalue weighted by Crippen LogP contribution is -2.45. The van der Waals surface area contributed by atoms with Gasteiger partial charge in [0.15, 0.2) is 11.5 Å². The molecule has 2 aliphatic heterocycles. The fraction of sp³-hybridized carbons (Fsp3) is 0.500. The highest BCUT2D eigenvalue weighted by Crippen LogP contribution is 2.32. The average molecular weight is 362 g/mol. The van der Waals surface area contributed by atoms with Gasteiger partial charge in [0, 0.05) is 18.7 Å². The molecule has 1 N–H and O–H groups in total. The Labute approximate surface area is 151 Å². The van der Waals surface area contributed by atoms with Crippen molar-refractivity contribution in [3.05, 3.63) is 23.8 Å². The van der Waals surface area contributed by atoms with Crippen molar-refractivity contribution < 1.29 is 28.6 Å². The van der Waals surface area contributed by atoms with Crippen molar-refractivity contribution in [1.29, 1.82) is 0 Å². The van der Waals surface area contributed by atoms with Crippen LogP contribution in [0.1, 0.15) is 30.1 Å². The smallest absolute Gasteiger partial charge is 0.309 e. The number of nitrogens with zero attached hydrogens (tertiary/aromatic N) is 1. The summed E-state index contributed by atoms with van der Waals surface area (Å²) in [7, 11) is 0. The first-order valence-corrected chi connectivity index (χ1v) is 8.70. The molecule has 0 aliphatic carbocycles. The Bertz CT molecular complexity index is 697. The monoisotopic (exact) mass is 362 g/mol. The first kappa shape index (κ1) is 18.0. The van der Waals surface area contributed by atoms with Gasteiger partial charge >= 0.3 is 5.97 Å². The van der Waals surface area contributed by atoms with E-state index in [1.165, 1.54) is 0 Å². The first-order chi connectivity index (χ1) is 12.6. The molecule has 0 spiro atoms. The van der Waals surface area contributed by atoms with Gasteiger partial charge in [0.2, 0.25) is 12.7 Å². The molecule has 0 bridgehead atoms. The van der Waals surface area contributed by atoms with Crippen LogP contribution < -0.4 is 14.8 Å². The zero-order valence-corrected chi connectivity index (χ0v) is 14.7. The van der Waals surface area contributed by atoms with Crippen molar-refractivity contribution in [2.75, 3.05) is 33.0 Å². The van der Waals surface area contributed by atoms with Crippen molar-refractivity contribution in [2.24, 2.45) is 5.92 Å². The van der Waals surface area contributed by atoms with Crippen molar-refractivity contribution in [2.45, 2.75) is 19.8 Å². The van der Waals surface area contributed by atoms with Gasteiger partial charge in [0.25, 0.3) is 5.91 Å². The first-order valence-electron chi connectivity index (χ1n) is 8.70. The molecule has 140 valence electrons. The quantitative estimate of drug-likeness (QED) is 0.784. The normalized spacial score (nSPS) is 16.3. The number of amides is 2. The molecule has 1 aromatic carbocycles. The topological polar surface area (TPSA) is 94.2 Å². The van der Waals surface area contributed by atoms with Gasteiger partial charge in [0.05, 0.1) is 19.1 Å². The lowest BCUT2D eigenvalue weighted by atomic mass is 9.97.